The largest absolute Gasteiger partial charge is 0.396 e. The number of aliphatic hydroxyl groups is 1. The number of aliphatic hydroxyl groups excluding tert-OH is 1. The molecule has 0 aromatic rings. The Morgan fingerprint density at radius 1 is 1.07 bits per heavy atom. The molecule has 0 radical (unpaired) electrons. The highest BCUT2D eigenvalue weighted by Gasteiger charge is 2.37. The predicted octanol–water partition coefficient (Wildman–Crippen LogP) is 1.92. The second-order valence-corrected chi connectivity index (χ2v) is 4.57. The van der Waals surface area contributed by atoms with Gasteiger partial charge in [0.25, 0.3) is 0 Å². The molecule has 88 valence electrons. The van der Waals surface area contributed by atoms with E-state index in [1.165, 1.54) is 19.3 Å². The van der Waals surface area contributed by atoms with Crippen LogP contribution in [0.4, 0.5) is 0 Å². The first-order valence-corrected chi connectivity index (χ1v) is 5.98. The van der Waals surface area contributed by atoms with Crippen molar-refractivity contribution in [2.75, 3.05) is 19.8 Å². The van der Waals surface area contributed by atoms with Gasteiger partial charge in [0, 0.05) is 6.61 Å². The maximum Gasteiger partial charge on any atom is 0.130 e. The average molecular weight is 214 g/mol. The summed E-state index contributed by atoms with van der Waals surface area (Å²) < 4.78 is 5.08. The Bertz CT molecular complexity index is 176. The summed E-state index contributed by atoms with van der Waals surface area (Å²) in [6, 6.07) is 0. The van der Waals surface area contributed by atoms with Crippen LogP contribution in [0.5, 0.6) is 0 Å². The van der Waals surface area contributed by atoms with Gasteiger partial charge in [-0.1, -0.05) is 32.1 Å². The van der Waals surface area contributed by atoms with Gasteiger partial charge in [0.2, 0.25) is 0 Å². The number of carbonyl (C=O) groups is 1. The van der Waals surface area contributed by atoms with Crippen molar-refractivity contribution in [1.82, 2.24) is 0 Å². The number of rotatable bonds is 9. The van der Waals surface area contributed by atoms with Crippen LogP contribution in [0.25, 0.3) is 0 Å². The summed E-state index contributed by atoms with van der Waals surface area (Å²) in [4.78, 5) is 10.8. The molecule has 1 heterocycles. The molecule has 0 amide bonds. The normalized spacial score (nSPS) is 18.5. The second kappa shape index (κ2) is 6.96. The minimum atomic E-state index is -0.134. The Morgan fingerprint density at radius 2 is 1.67 bits per heavy atom. The Labute approximate surface area is 91.8 Å². The monoisotopic (exact) mass is 214 g/mol. The fraction of sp³-hybridized carbons (Fsp3) is 0.917. The van der Waals surface area contributed by atoms with Gasteiger partial charge in [0.05, 0.1) is 18.6 Å². The predicted molar refractivity (Wildman–Crippen MR) is 58.7 cm³/mol. The van der Waals surface area contributed by atoms with E-state index in [1.54, 1.807) is 0 Å². The molecule has 0 aromatic carbocycles. The van der Waals surface area contributed by atoms with Crippen LogP contribution in [0.2, 0.25) is 0 Å². The van der Waals surface area contributed by atoms with Crippen molar-refractivity contribution in [3.05, 3.63) is 0 Å². The van der Waals surface area contributed by atoms with Crippen molar-refractivity contribution in [3.8, 4) is 0 Å². The summed E-state index contributed by atoms with van der Waals surface area (Å²) in [5.41, 5.74) is -0.134. The highest BCUT2D eigenvalue weighted by molar-refractivity contribution is 5.60. The zero-order valence-corrected chi connectivity index (χ0v) is 9.41. The lowest BCUT2D eigenvalue weighted by Crippen LogP contribution is -2.43. The summed E-state index contributed by atoms with van der Waals surface area (Å²) in [7, 11) is 0. The lowest BCUT2D eigenvalue weighted by Gasteiger charge is -2.36. The van der Waals surface area contributed by atoms with Crippen LogP contribution in [-0.4, -0.2) is 31.2 Å². The summed E-state index contributed by atoms with van der Waals surface area (Å²) in [6.07, 6.45) is 8.84. The molecular weight excluding hydrogens is 192 g/mol. The lowest BCUT2D eigenvalue weighted by molar-refractivity contribution is -0.147. The number of unbranched alkanes of at least 4 members (excludes halogenated alkanes) is 5. The van der Waals surface area contributed by atoms with Gasteiger partial charge < -0.3 is 14.6 Å². The molecule has 1 aliphatic rings. The van der Waals surface area contributed by atoms with Crippen LogP contribution in [0.15, 0.2) is 0 Å². The van der Waals surface area contributed by atoms with E-state index >= 15 is 0 Å². The zero-order valence-electron chi connectivity index (χ0n) is 9.41. The molecule has 0 bridgehead atoms. The highest BCUT2D eigenvalue weighted by Crippen LogP contribution is 2.31. The van der Waals surface area contributed by atoms with Crippen molar-refractivity contribution in [3.63, 3.8) is 0 Å². The molecule has 1 rings (SSSR count). The molecule has 1 aliphatic heterocycles. The van der Waals surface area contributed by atoms with Gasteiger partial charge in [-0.05, 0) is 12.8 Å². The van der Waals surface area contributed by atoms with E-state index in [4.69, 9.17) is 9.84 Å². The first-order valence-electron chi connectivity index (χ1n) is 5.98. The van der Waals surface area contributed by atoms with Gasteiger partial charge in [-0.3, -0.25) is 0 Å². The van der Waals surface area contributed by atoms with Crippen molar-refractivity contribution in [2.24, 2.45) is 5.41 Å². The highest BCUT2D eigenvalue weighted by atomic mass is 16.5. The quantitative estimate of drug-likeness (QED) is 0.471. The van der Waals surface area contributed by atoms with Crippen LogP contribution in [-0.2, 0) is 9.53 Å². The Hall–Kier alpha value is -0.410. The molecule has 1 N–H and O–H groups in total. The third kappa shape index (κ3) is 4.31. The van der Waals surface area contributed by atoms with Gasteiger partial charge in [-0.25, -0.2) is 0 Å². The van der Waals surface area contributed by atoms with Gasteiger partial charge >= 0.3 is 0 Å². The molecule has 3 nitrogen and oxygen atoms in total. The molecule has 0 aromatic heterocycles. The van der Waals surface area contributed by atoms with E-state index in [1.807, 2.05) is 0 Å². The van der Waals surface area contributed by atoms with Crippen molar-refractivity contribution < 1.29 is 14.6 Å². The summed E-state index contributed by atoms with van der Waals surface area (Å²) in [6.45, 7) is 1.56. The SMILES string of the molecule is O=CC1(CCCCCCCCO)COC1. The van der Waals surface area contributed by atoms with E-state index in [-0.39, 0.29) is 5.41 Å². The first kappa shape index (κ1) is 12.7. The van der Waals surface area contributed by atoms with E-state index in [2.05, 4.69) is 0 Å². The van der Waals surface area contributed by atoms with Crippen molar-refractivity contribution in [2.45, 2.75) is 44.9 Å². The van der Waals surface area contributed by atoms with E-state index in [0.29, 0.717) is 19.8 Å². The molecule has 0 spiro atoms. The van der Waals surface area contributed by atoms with Gasteiger partial charge in [-0.15, -0.1) is 0 Å². The molecule has 0 unspecified atom stereocenters. The molecule has 1 fully saturated rings. The maximum atomic E-state index is 10.8. The minimum absolute atomic E-state index is 0.134. The van der Waals surface area contributed by atoms with Crippen molar-refractivity contribution in [1.29, 1.82) is 0 Å². The van der Waals surface area contributed by atoms with Crippen LogP contribution >= 0.6 is 0 Å². The summed E-state index contributed by atoms with van der Waals surface area (Å²) >= 11 is 0. The number of carbonyl (C=O) groups excluding carboxylic acids is 1. The molecule has 3 heteroatoms. The lowest BCUT2D eigenvalue weighted by atomic mass is 9.82. The fourth-order valence-electron chi connectivity index (χ4n) is 1.93. The van der Waals surface area contributed by atoms with Gasteiger partial charge in [0.15, 0.2) is 0 Å². The Morgan fingerprint density at radius 3 is 2.13 bits per heavy atom. The topological polar surface area (TPSA) is 46.5 Å². The van der Waals surface area contributed by atoms with E-state index in [0.717, 1.165) is 32.0 Å². The van der Waals surface area contributed by atoms with Crippen LogP contribution in [0.3, 0.4) is 0 Å². The fourth-order valence-corrected chi connectivity index (χ4v) is 1.93. The first-order chi connectivity index (χ1) is 7.33. The van der Waals surface area contributed by atoms with Gasteiger partial charge in [0.1, 0.15) is 6.29 Å². The number of ether oxygens (including phenoxy) is 1. The van der Waals surface area contributed by atoms with Crippen LogP contribution < -0.4 is 0 Å². The molecule has 15 heavy (non-hydrogen) atoms. The second-order valence-electron chi connectivity index (χ2n) is 4.57. The number of aldehydes is 1. The van der Waals surface area contributed by atoms with Crippen LogP contribution in [0.1, 0.15) is 44.9 Å². The average Bonchev–Trinajstić information content (AvgIpc) is 2.20. The van der Waals surface area contributed by atoms with E-state index < -0.39 is 0 Å². The maximum absolute atomic E-state index is 10.8. The zero-order chi connectivity index (χ0) is 11.0. The number of hydrogen-bond donors (Lipinski definition) is 1. The standard InChI is InChI=1S/C12H22O3/c13-8-6-4-2-1-3-5-7-12(9-14)10-15-11-12/h9,13H,1-8,10-11H2. The van der Waals surface area contributed by atoms with Crippen molar-refractivity contribution >= 4 is 6.29 Å². The molecule has 0 saturated carbocycles. The van der Waals surface area contributed by atoms with E-state index in [9.17, 15) is 4.79 Å². The Balaban J connectivity index is 1.90. The summed E-state index contributed by atoms with van der Waals surface area (Å²) in [5, 5.41) is 8.59. The number of hydrogen-bond acceptors (Lipinski definition) is 3. The Kier molecular flexibility index (Phi) is 5.88. The molecule has 1 saturated heterocycles. The molecule has 0 aliphatic carbocycles. The molecule has 0 atom stereocenters. The third-order valence-electron chi connectivity index (χ3n) is 3.11. The summed E-state index contributed by atoms with van der Waals surface area (Å²) in [5.74, 6) is 0. The minimum Gasteiger partial charge on any atom is -0.396 e. The molecular formula is C12H22O3. The third-order valence-corrected chi connectivity index (χ3v) is 3.11. The smallest absolute Gasteiger partial charge is 0.130 e. The van der Waals surface area contributed by atoms with Crippen LogP contribution in [0, 0.1) is 5.41 Å². The van der Waals surface area contributed by atoms with Gasteiger partial charge in [-0.2, -0.15) is 0 Å².